The first kappa shape index (κ1) is 15.5. The molecule has 2 saturated carbocycles. The highest BCUT2D eigenvalue weighted by molar-refractivity contribution is 6.02. The standard InChI is InChI=1S/C20H25FO/c1-2-6-14-8-5-9-18-17(14)12-11-16(20(18)22)13-15-7-3-4-10-19(15)21/h3-4,7,10,13-14,17-18H,2,5-6,8-9,11-12H2,1H3/b16-13+. The van der Waals surface area contributed by atoms with Crippen molar-refractivity contribution >= 4 is 11.9 Å². The Hall–Kier alpha value is -1.44. The molecule has 0 N–H and O–H groups in total. The van der Waals surface area contributed by atoms with Crippen LogP contribution in [-0.2, 0) is 4.79 Å². The van der Waals surface area contributed by atoms with Crippen LogP contribution in [0.1, 0.15) is 57.4 Å². The van der Waals surface area contributed by atoms with Gasteiger partial charge < -0.3 is 0 Å². The zero-order valence-electron chi connectivity index (χ0n) is 13.4. The maximum absolute atomic E-state index is 13.8. The molecule has 0 bridgehead atoms. The van der Waals surface area contributed by atoms with E-state index in [0.29, 0.717) is 17.3 Å². The third-order valence-corrected chi connectivity index (χ3v) is 5.51. The minimum Gasteiger partial charge on any atom is -0.294 e. The Balaban J connectivity index is 1.81. The van der Waals surface area contributed by atoms with E-state index in [1.54, 1.807) is 18.2 Å². The van der Waals surface area contributed by atoms with E-state index in [1.165, 1.54) is 31.7 Å². The number of ketones is 1. The van der Waals surface area contributed by atoms with Crippen LogP contribution in [0.5, 0.6) is 0 Å². The van der Waals surface area contributed by atoms with E-state index in [2.05, 4.69) is 6.92 Å². The predicted octanol–water partition coefficient (Wildman–Crippen LogP) is 5.40. The van der Waals surface area contributed by atoms with Gasteiger partial charge in [0, 0.05) is 11.5 Å². The largest absolute Gasteiger partial charge is 0.294 e. The summed E-state index contributed by atoms with van der Waals surface area (Å²) >= 11 is 0. The number of rotatable bonds is 3. The fourth-order valence-electron chi connectivity index (χ4n) is 4.45. The molecule has 0 heterocycles. The minimum absolute atomic E-state index is 0.192. The van der Waals surface area contributed by atoms with Crippen LogP contribution in [-0.4, -0.2) is 5.78 Å². The van der Waals surface area contributed by atoms with Crippen molar-refractivity contribution in [2.75, 3.05) is 0 Å². The minimum atomic E-state index is -0.238. The molecule has 0 spiro atoms. The predicted molar refractivity (Wildman–Crippen MR) is 87.8 cm³/mol. The number of allylic oxidation sites excluding steroid dienone is 1. The van der Waals surface area contributed by atoms with Crippen LogP contribution < -0.4 is 0 Å². The Morgan fingerprint density at radius 3 is 2.82 bits per heavy atom. The second-order valence-corrected chi connectivity index (χ2v) is 6.84. The van der Waals surface area contributed by atoms with E-state index in [0.717, 1.165) is 30.8 Å². The monoisotopic (exact) mass is 300 g/mol. The molecule has 2 fully saturated rings. The van der Waals surface area contributed by atoms with Gasteiger partial charge in [-0.15, -0.1) is 0 Å². The van der Waals surface area contributed by atoms with Crippen LogP contribution in [0, 0.1) is 23.6 Å². The zero-order chi connectivity index (χ0) is 15.5. The molecule has 2 aliphatic carbocycles. The van der Waals surface area contributed by atoms with Gasteiger partial charge in [-0.25, -0.2) is 4.39 Å². The highest BCUT2D eigenvalue weighted by Crippen LogP contribution is 2.45. The van der Waals surface area contributed by atoms with Gasteiger partial charge in [0.05, 0.1) is 0 Å². The Morgan fingerprint density at radius 2 is 2.05 bits per heavy atom. The average Bonchev–Trinajstić information content (AvgIpc) is 2.53. The molecule has 2 aliphatic rings. The van der Waals surface area contributed by atoms with Crippen molar-refractivity contribution in [2.24, 2.45) is 17.8 Å². The molecule has 3 atom stereocenters. The average molecular weight is 300 g/mol. The number of hydrogen-bond donors (Lipinski definition) is 0. The second-order valence-electron chi connectivity index (χ2n) is 6.84. The van der Waals surface area contributed by atoms with Crippen LogP contribution in [0.25, 0.3) is 6.08 Å². The van der Waals surface area contributed by atoms with E-state index >= 15 is 0 Å². The summed E-state index contributed by atoms with van der Waals surface area (Å²) in [6.07, 6.45) is 9.64. The molecule has 0 aromatic heterocycles. The van der Waals surface area contributed by atoms with Gasteiger partial charge in [0.15, 0.2) is 5.78 Å². The molecule has 22 heavy (non-hydrogen) atoms. The third-order valence-electron chi connectivity index (χ3n) is 5.51. The van der Waals surface area contributed by atoms with Crippen molar-refractivity contribution in [1.29, 1.82) is 0 Å². The lowest BCUT2D eigenvalue weighted by Gasteiger charge is -2.41. The molecule has 0 aliphatic heterocycles. The quantitative estimate of drug-likeness (QED) is 0.683. The van der Waals surface area contributed by atoms with Crippen molar-refractivity contribution in [1.82, 2.24) is 0 Å². The van der Waals surface area contributed by atoms with E-state index in [9.17, 15) is 9.18 Å². The molecule has 0 radical (unpaired) electrons. The van der Waals surface area contributed by atoms with Crippen LogP contribution in [0.4, 0.5) is 4.39 Å². The fraction of sp³-hybridized carbons (Fsp3) is 0.550. The van der Waals surface area contributed by atoms with Crippen LogP contribution >= 0.6 is 0 Å². The highest BCUT2D eigenvalue weighted by Gasteiger charge is 2.40. The van der Waals surface area contributed by atoms with Crippen LogP contribution in [0.3, 0.4) is 0 Å². The number of hydrogen-bond acceptors (Lipinski definition) is 1. The molecule has 1 aromatic rings. The topological polar surface area (TPSA) is 17.1 Å². The van der Waals surface area contributed by atoms with Crippen molar-refractivity contribution in [3.63, 3.8) is 0 Å². The highest BCUT2D eigenvalue weighted by atomic mass is 19.1. The molecule has 118 valence electrons. The molecule has 0 saturated heterocycles. The van der Waals surface area contributed by atoms with Crippen molar-refractivity contribution in [3.8, 4) is 0 Å². The molecular formula is C20H25FO. The van der Waals surface area contributed by atoms with Gasteiger partial charge in [-0.2, -0.15) is 0 Å². The van der Waals surface area contributed by atoms with E-state index in [1.807, 2.05) is 6.07 Å². The number of benzene rings is 1. The van der Waals surface area contributed by atoms with Gasteiger partial charge in [0.1, 0.15) is 5.82 Å². The molecule has 1 nitrogen and oxygen atoms in total. The first-order valence-electron chi connectivity index (χ1n) is 8.70. The van der Waals surface area contributed by atoms with Gasteiger partial charge in [-0.05, 0) is 48.8 Å². The number of halogens is 1. The maximum atomic E-state index is 13.8. The molecule has 0 amide bonds. The smallest absolute Gasteiger partial charge is 0.162 e. The van der Waals surface area contributed by atoms with E-state index in [-0.39, 0.29) is 11.7 Å². The summed E-state index contributed by atoms with van der Waals surface area (Å²) in [5.74, 6) is 1.54. The Bertz CT molecular complexity index is 573. The van der Waals surface area contributed by atoms with E-state index < -0.39 is 0 Å². The van der Waals surface area contributed by atoms with Crippen molar-refractivity contribution < 1.29 is 9.18 Å². The van der Waals surface area contributed by atoms with Crippen LogP contribution in [0.15, 0.2) is 29.8 Å². The second kappa shape index (κ2) is 6.76. The molecular weight excluding hydrogens is 275 g/mol. The molecule has 1 aromatic carbocycles. The summed E-state index contributed by atoms with van der Waals surface area (Å²) in [6, 6.07) is 6.72. The van der Waals surface area contributed by atoms with Crippen molar-refractivity contribution in [3.05, 3.63) is 41.2 Å². The summed E-state index contributed by atoms with van der Waals surface area (Å²) in [7, 11) is 0. The Morgan fingerprint density at radius 1 is 1.23 bits per heavy atom. The SMILES string of the molecule is CCCC1CCCC2C(=O)/C(=C/c3ccccc3F)CCC12. The first-order chi connectivity index (χ1) is 10.7. The van der Waals surface area contributed by atoms with Gasteiger partial charge >= 0.3 is 0 Å². The lowest BCUT2D eigenvalue weighted by molar-refractivity contribution is -0.124. The molecule has 3 rings (SSSR count). The van der Waals surface area contributed by atoms with E-state index in [4.69, 9.17) is 0 Å². The zero-order valence-corrected chi connectivity index (χ0v) is 13.4. The summed E-state index contributed by atoms with van der Waals surface area (Å²) in [6.45, 7) is 2.23. The number of Topliss-reactive ketones (excluding diaryl/α,β-unsaturated/α-hetero) is 1. The van der Waals surface area contributed by atoms with Gasteiger partial charge in [0.25, 0.3) is 0 Å². The fourth-order valence-corrected chi connectivity index (χ4v) is 4.45. The Kier molecular flexibility index (Phi) is 4.75. The number of fused-ring (bicyclic) bond motifs is 1. The molecule has 3 unspecified atom stereocenters. The summed E-state index contributed by atoms with van der Waals surface area (Å²) in [5.41, 5.74) is 1.38. The van der Waals surface area contributed by atoms with Gasteiger partial charge in [-0.1, -0.05) is 50.8 Å². The van der Waals surface area contributed by atoms with Gasteiger partial charge in [0.2, 0.25) is 0 Å². The molecule has 2 heteroatoms. The summed E-state index contributed by atoms with van der Waals surface area (Å²) in [5, 5.41) is 0. The number of carbonyl (C=O) groups excluding carboxylic acids is 1. The normalized spacial score (nSPS) is 30.4. The van der Waals surface area contributed by atoms with Crippen molar-refractivity contribution in [2.45, 2.75) is 51.9 Å². The summed E-state index contributed by atoms with van der Waals surface area (Å²) in [4.78, 5) is 12.8. The lowest BCUT2D eigenvalue weighted by Crippen LogP contribution is -2.37. The number of carbonyl (C=O) groups is 1. The lowest BCUT2D eigenvalue weighted by atomic mass is 9.63. The first-order valence-corrected chi connectivity index (χ1v) is 8.70. The van der Waals surface area contributed by atoms with Gasteiger partial charge in [-0.3, -0.25) is 4.79 Å². The van der Waals surface area contributed by atoms with Crippen LogP contribution in [0.2, 0.25) is 0 Å². The third kappa shape index (κ3) is 3.02. The summed E-state index contributed by atoms with van der Waals surface area (Å²) < 4.78 is 13.8. The Labute approximate surface area is 132 Å². The maximum Gasteiger partial charge on any atom is 0.162 e.